The fourth-order valence-electron chi connectivity index (χ4n) is 6.07. The summed E-state index contributed by atoms with van der Waals surface area (Å²) in [4.78, 5) is 30.6. The summed E-state index contributed by atoms with van der Waals surface area (Å²) in [6.07, 6.45) is 9.28. The van der Waals surface area contributed by atoms with Crippen LogP contribution in [0.2, 0.25) is 0 Å². The van der Waals surface area contributed by atoms with Crippen LogP contribution in [0.1, 0.15) is 64.5 Å². The number of carbonyl (C=O) groups excluding carboxylic acids is 2. The zero-order chi connectivity index (χ0) is 28.5. The van der Waals surface area contributed by atoms with E-state index in [9.17, 15) is 18.4 Å². The lowest BCUT2D eigenvalue weighted by molar-refractivity contribution is -0.117. The topological polar surface area (TPSA) is 123 Å². The Kier molecular flexibility index (Phi) is 7.74. The molecule has 6 rings (SSSR count). The third kappa shape index (κ3) is 5.44. The normalized spacial score (nSPS) is 15.8. The third-order valence-electron chi connectivity index (χ3n) is 7.91. The molecule has 11 heteroatoms. The molecule has 212 valence electrons. The summed E-state index contributed by atoms with van der Waals surface area (Å²) in [5, 5.41) is 6.73. The molecule has 2 amide bonds. The van der Waals surface area contributed by atoms with Gasteiger partial charge in [-0.3, -0.25) is 14.1 Å². The number of hydrogen-bond acceptors (Lipinski definition) is 6. The first kappa shape index (κ1) is 27.4. The van der Waals surface area contributed by atoms with Gasteiger partial charge in [0.2, 0.25) is 5.91 Å². The van der Waals surface area contributed by atoms with Crippen LogP contribution >= 0.6 is 11.3 Å². The second kappa shape index (κ2) is 11.6. The first-order valence-corrected chi connectivity index (χ1v) is 15.5. The molecule has 1 unspecified atom stereocenters. The molecular formula is C30H30N4O5S2. The Morgan fingerprint density at radius 2 is 1.98 bits per heavy atom. The summed E-state index contributed by atoms with van der Waals surface area (Å²) in [5.41, 5.74) is 5.78. The third-order valence-corrected chi connectivity index (χ3v) is 9.05. The number of ether oxygens (including phenoxy) is 1. The lowest BCUT2D eigenvalue weighted by atomic mass is 9.81. The molecule has 0 radical (unpaired) electrons. The average molecular weight is 591 g/mol. The second-order valence-corrected chi connectivity index (χ2v) is 12.0. The van der Waals surface area contributed by atoms with Crippen LogP contribution in [0.25, 0.3) is 28.2 Å². The molecule has 3 heterocycles. The standard InChI is InChI=1S/C30H30N4O5S2/c1-39-22-8-10-23-20(14-22)13-21(29(35)32-16-26-31-11-12-40-26)17-34-25-15-19(30(36)33-41(37)38)7-9-24(25)27(28(23)34)18-5-3-2-4-6-18/h7-15,18H,2-6,16-17H2,1H3,(H,32,35)(H,33,36)(H,37,38). The van der Waals surface area contributed by atoms with E-state index in [0.717, 1.165) is 58.4 Å². The summed E-state index contributed by atoms with van der Waals surface area (Å²) < 4.78 is 30.3. The highest BCUT2D eigenvalue weighted by molar-refractivity contribution is 7.77. The SMILES string of the molecule is COc1ccc2c(c1)C=C(C(=O)NCc1nccs1)Cn1c-2c(C2CCCCC2)c2ccc(C(=O)NS(=O)O)cc21. The largest absolute Gasteiger partial charge is 0.497 e. The summed E-state index contributed by atoms with van der Waals surface area (Å²) in [5.74, 6) is 0.190. The molecular weight excluding hydrogens is 560 g/mol. The summed E-state index contributed by atoms with van der Waals surface area (Å²) in [6, 6.07) is 11.3. The molecule has 0 bridgehead atoms. The first-order valence-electron chi connectivity index (χ1n) is 13.6. The molecule has 2 aliphatic rings. The highest BCUT2D eigenvalue weighted by Crippen LogP contribution is 2.47. The van der Waals surface area contributed by atoms with E-state index in [2.05, 4.69) is 19.6 Å². The molecule has 1 fully saturated rings. The summed E-state index contributed by atoms with van der Waals surface area (Å²) in [6.45, 7) is 0.615. The zero-order valence-corrected chi connectivity index (χ0v) is 24.1. The van der Waals surface area contributed by atoms with E-state index in [4.69, 9.17) is 4.74 Å². The number of carbonyl (C=O) groups is 2. The van der Waals surface area contributed by atoms with Crippen LogP contribution < -0.4 is 14.8 Å². The van der Waals surface area contributed by atoms with E-state index in [1.807, 2.05) is 35.7 Å². The molecule has 1 atom stereocenters. The minimum atomic E-state index is -2.48. The van der Waals surface area contributed by atoms with Gasteiger partial charge in [-0.05, 0) is 66.3 Å². The van der Waals surface area contributed by atoms with E-state index in [0.29, 0.717) is 23.8 Å². The van der Waals surface area contributed by atoms with Crippen molar-refractivity contribution in [1.82, 2.24) is 19.6 Å². The Hall–Kier alpha value is -3.80. The van der Waals surface area contributed by atoms with Gasteiger partial charge in [-0.2, -0.15) is 0 Å². The van der Waals surface area contributed by atoms with E-state index in [1.165, 1.54) is 23.3 Å². The van der Waals surface area contributed by atoms with Crippen molar-refractivity contribution in [1.29, 1.82) is 0 Å². The van der Waals surface area contributed by atoms with Gasteiger partial charge < -0.3 is 14.6 Å². The predicted molar refractivity (Wildman–Crippen MR) is 160 cm³/mol. The number of hydrogen-bond donors (Lipinski definition) is 3. The number of nitrogens with zero attached hydrogens (tertiary/aromatic N) is 2. The maximum Gasteiger partial charge on any atom is 0.264 e. The maximum absolute atomic E-state index is 13.6. The smallest absolute Gasteiger partial charge is 0.264 e. The van der Waals surface area contributed by atoms with Crippen LogP contribution in [-0.2, 0) is 29.2 Å². The molecule has 9 nitrogen and oxygen atoms in total. The lowest BCUT2D eigenvalue weighted by Crippen LogP contribution is -2.26. The highest BCUT2D eigenvalue weighted by atomic mass is 32.2. The fourth-order valence-corrected chi connectivity index (χ4v) is 6.90. The molecule has 1 aliphatic heterocycles. The number of nitrogens with one attached hydrogen (secondary N) is 2. The van der Waals surface area contributed by atoms with Gasteiger partial charge in [-0.1, -0.05) is 25.3 Å². The Morgan fingerprint density at radius 3 is 2.71 bits per heavy atom. The monoisotopic (exact) mass is 590 g/mol. The number of fused-ring (bicyclic) bond motifs is 5. The molecule has 41 heavy (non-hydrogen) atoms. The van der Waals surface area contributed by atoms with Crippen molar-refractivity contribution in [3.8, 4) is 17.0 Å². The van der Waals surface area contributed by atoms with Gasteiger partial charge in [0.05, 0.1) is 25.9 Å². The van der Waals surface area contributed by atoms with Crippen LogP contribution in [0.5, 0.6) is 5.75 Å². The van der Waals surface area contributed by atoms with Crippen molar-refractivity contribution in [2.45, 2.75) is 51.1 Å². The van der Waals surface area contributed by atoms with Crippen molar-refractivity contribution in [2.75, 3.05) is 7.11 Å². The Labute approximate surface area is 244 Å². The molecule has 1 aliphatic carbocycles. The van der Waals surface area contributed by atoms with Crippen LogP contribution in [0.4, 0.5) is 0 Å². The predicted octanol–water partition coefficient (Wildman–Crippen LogP) is 5.40. The van der Waals surface area contributed by atoms with Crippen molar-refractivity contribution in [3.63, 3.8) is 0 Å². The average Bonchev–Trinajstić information content (AvgIpc) is 3.57. The molecule has 1 saturated carbocycles. The molecule has 3 N–H and O–H groups in total. The zero-order valence-electron chi connectivity index (χ0n) is 22.5. The van der Waals surface area contributed by atoms with E-state index in [1.54, 1.807) is 25.4 Å². The van der Waals surface area contributed by atoms with E-state index < -0.39 is 17.2 Å². The van der Waals surface area contributed by atoms with Gasteiger partial charge in [-0.15, -0.1) is 11.3 Å². The highest BCUT2D eigenvalue weighted by Gasteiger charge is 2.30. The van der Waals surface area contributed by atoms with Crippen LogP contribution in [0, 0.1) is 0 Å². The van der Waals surface area contributed by atoms with Crippen molar-refractivity contribution < 1.29 is 23.1 Å². The second-order valence-electron chi connectivity index (χ2n) is 10.3. The minimum Gasteiger partial charge on any atom is -0.497 e. The van der Waals surface area contributed by atoms with Crippen LogP contribution in [0.3, 0.4) is 0 Å². The van der Waals surface area contributed by atoms with Crippen molar-refractivity contribution >= 4 is 51.4 Å². The van der Waals surface area contributed by atoms with E-state index in [-0.39, 0.29) is 18.0 Å². The van der Waals surface area contributed by atoms with Gasteiger partial charge in [0.25, 0.3) is 17.2 Å². The van der Waals surface area contributed by atoms with Gasteiger partial charge in [0.1, 0.15) is 10.8 Å². The number of benzene rings is 2. The number of aromatic nitrogens is 2. The van der Waals surface area contributed by atoms with Gasteiger partial charge in [-0.25, -0.2) is 13.9 Å². The van der Waals surface area contributed by atoms with Crippen LogP contribution in [0.15, 0.2) is 53.5 Å². The van der Waals surface area contributed by atoms with Crippen LogP contribution in [-0.4, -0.2) is 37.2 Å². The number of thiazole rings is 1. The molecule has 4 aromatic rings. The van der Waals surface area contributed by atoms with Crippen molar-refractivity contribution in [3.05, 3.63) is 75.2 Å². The Morgan fingerprint density at radius 1 is 1.15 bits per heavy atom. The summed E-state index contributed by atoms with van der Waals surface area (Å²) in [7, 11) is 1.63. The molecule has 0 spiro atoms. The fraction of sp³-hybridized carbons (Fsp3) is 0.300. The molecule has 2 aromatic heterocycles. The van der Waals surface area contributed by atoms with Gasteiger partial charge in [0, 0.05) is 39.2 Å². The number of methoxy groups -OCH3 is 1. The van der Waals surface area contributed by atoms with Gasteiger partial charge >= 0.3 is 0 Å². The Balaban J connectivity index is 1.54. The molecule has 2 aromatic carbocycles. The first-order chi connectivity index (χ1) is 19.9. The Bertz CT molecular complexity index is 1690. The lowest BCUT2D eigenvalue weighted by Gasteiger charge is -2.24. The van der Waals surface area contributed by atoms with Crippen molar-refractivity contribution in [2.24, 2.45) is 0 Å². The van der Waals surface area contributed by atoms with E-state index >= 15 is 0 Å². The summed E-state index contributed by atoms with van der Waals surface area (Å²) >= 11 is -0.995. The molecule has 0 saturated heterocycles. The quantitative estimate of drug-likeness (QED) is 0.248. The minimum absolute atomic E-state index is 0.201. The number of amides is 2. The number of rotatable bonds is 7. The maximum atomic E-state index is 13.6. The van der Waals surface area contributed by atoms with Gasteiger partial charge in [0.15, 0.2) is 0 Å².